The van der Waals surface area contributed by atoms with E-state index in [1.165, 1.54) is 6.33 Å². The van der Waals surface area contributed by atoms with Crippen molar-refractivity contribution in [2.75, 3.05) is 24.9 Å². The van der Waals surface area contributed by atoms with Crippen molar-refractivity contribution in [3.63, 3.8) is 0 Å². The van der Waals surface area contributed by atoms with Crippen molar-refractivity contribution < 1.29 is 14.3 Å². The van der Waals surface area contributed by atoms with Crippen LogP contribution in [0.2, 0.25) is 0 Å². The first-order chi connectivity index (χ1) is 14.1. The molecule has 1 amide bonds. The highest BCUT2D eigenvalue weighted by molar-refractivity contribution is 6.06. The fourth-order valence-corrected chi connectivity index (χ4v) is 3.43. The number of ether oxygens (including phenoxy) is 2. The van der Waals surface area contributed by atoms with Gasteiger partial charge >= 0.3 is 0 Å². The van der Waals surface area contributed by atoms with Crippen LogP contribution in [0.1, 0.15) is 18.5 Å². The van der Waals surface area contributed by atoms with Crippen LogP contribution < -0.4 is 20.1 Å². The van der Waals surface area contributed by atoms with Crippen LogP contribution in [0.3, 0.4) is 0 Å². The quantitative estimate of drug-likeness (QED) is 0.694. The van der Waals surface area contributed by atoms with Crippen LogP contribution in [-0.4, -0.2) is 34.9 Å². The van der Waals surface area contributed by atoms with E-state index in [-0.39, 0.29) is 5.91 Å². The summed E-state index contributed by atoms with van der Waals surface area (Å²) in [6.45, 7) is 1.85. The Morgan fingerprint density at radius 3 is 2.66 bits per heavy atom. The van der Waals surface area contributed by atoms with E-state index >= 15 is 0 Å². The van der Waals surface area contributed by atoms with Gasteiger partial charge in [-0.05, 0) is 24.6 Å². The van der Waals surface area contributed by atoms with Gasteiger partial charge in [-0.15, -0.1) is 0 Å². The maximum absolute atomic E-state index is 13.4. The number of hydrogen-bond acceptors (Lipinski definition) is 6. The summed E-state index contributed by atoms with van der Waals surface area (Å²) in [5.41, 5.74) is 2.70. The number of anilines is 2. The van der Waals surface area contributed by atoms with Gasteiger partial charge in [0.2, 0.25) is 5.95 Å². The smallest absolute Gasteiger partial charge is 0.255 e. The minimum Gasteiger partial charge on any atom is -0.497 e. The van der Waals surface area contributed by atoms with Crippen molar-refractivity contribution in [2.45, 2.75) is 13.0 Å². The maximum atomic E-state index is 13.4. The predicted octanol–water partition coefficient (Wildman–Crippen LogP) is 3.22. The zero-order chi connectivity index (χ0) is 20.4. The highest BCUT2D eigenvalue weighted by atomic mass is 16.5. The molecule has 2 heterocycles. The fraction of sp³-hybridized carbons (Fsp3) is 0.190. The zero-order valence-electron chi connectivity index (χ0n) is 16.3. The third-order valence-corrected chi connectivity index (χ3v) is 4.81. The molecule has 3 aromatic rings. The van der Waals surface area contributed by atoms with Crippen molar-refractivity contribution in [2.24, 2.45) is 0 Å². The van der Waals surface area contributed by atoms with Gasteiger partial charge in [0.25, 0.3) is 5.91 Å². The third-order valence-electron chi connectivity index (χ3n) is 4.81. The second kappa shape index (κ2) is 7.67. The van der Waals surface area contributed by atoms with Gasteiger partial charge in [0, 0.05) is 11.8 Å². The highest BCUT2D eigenvalue weighted by Gasteiger charge is 2.33. The van der Waals surface area contributed by atoms with E-state index < -0.39 is 6.04 Å². The number of benzene rings is 2. The van der Waals surface area contributed by atoms with E-state index in [9.17, 15) is 4.79 Å². The van der Waals surface area contributed by atoms with Crippen LogP contribution in [-0.2, 0) is 4.79 Å². The number of nitrogens with one attached hydrogen (secondary N) is 2. The Morgan fingerprint density at radius 1 is 1.14 bits per heavy atom. The van der Waals surface area contributed by atoms with Crippen LogP contribution >= 0.6 is 0 Å². The second-order valence-corrected chi connectivity index (χ2v) is 6.53. The van der Waals surface area contributed by atoms with Crippen LogP contribution in [0.5, 0.6) is 11.5 Å². The van der Waals surface area contributed by atoms with Gasteiger partial charge in [0.1, 0.15) is 23.9 Å². The molecule has 1 atom stereocenters. The molecule has 0 unspecified atom stereocenters. The molecule has 0 saturated heterocycles. The molecular weight excluding hydrogens is 370 g/mol. The molecule has 8 nitrogen and oxygen atoms in total. The fourth-order valence-electron chi connectivity index (χ4n) is 3.43. The van der Waals surface area contributed by atoms with E-state index in [4.69, 9.17) is 9.47 Å². The molecule has 0 saturated carbocycles. The number of allylic oxidation sites excluding steroid dienone is 1. The molecule has 148 valence electrons. The molecule has 8 heteroatoms. The molecular formula is C21H21N5O3. The number of fused-ring (bicyclic) bond motifs is 1. The average molecular weight is 391 g/mol. The SMILES string of the molecule is COc1ccc(OC)c(NC(=O)C2=C(C)Nc3ncnn3[C@H]2c2ccccc2)c1. The second-order valence-electron chi connectivity index (χ2n) is 6.53. The first-order valence-corrected chi connectivity index (χ1v) is 9.08. The summed E-state index contributed by atoms with van der Waals surface area (Å²) in [4.78, 5) is 17.6. The number of hydrogen-bond donors (Lipinski definition) is 2. The number of amides is 1. The Morgan fingerprint density at radius 2 is 1.93 bits per heavy atom. The molecule has 29 heavy (non-hydrogen) atoms. The summed E-state index contributed by atoms with van der Waals surface area (Å²) in [5, 5.41) is 10.4. The summed E-state index contributed by atoms with van der Waals surface area (Å²) >= 11 is 0. The molecule has 0 aliphatic carbocycles. The Bertz CT molecular complexity index is 1070. The molecule has 0 spiro atoms. The molecule has 1 aliphatic heterocycles. The van der Waals surface area contributed by atoms with Gasteiger partial charge in [0.15, 0.2) is 0 Å². The minimum absolute atomic E-state index is 0.267. The first-order valence-electron chi connectivity index (χ1n) is 9.08. The van der Waals surface area contributed by atoms with Gasteiger partial charge in [-0.3, -0.25) is 4.79 Å². The molecule has 2 aromatic carbocycles. The normalized spacial score (nSPS) is 15.3. The lowest BCUT2D eigenvalue weighted by atomic mass is 9.95. The molecule has 4 rings (SSSR count). The predicted molar refractivity (Wildman–Crippen MR) is 109 cm³/mol. The summed E-state index contributed by atoms with van der Waals surface area (Å²) in [6, 6.07) is 14.6. The Balaban J connectivity index is 1.75. The summed E-state index contributed by atoms with van der Waals surface area (Å²) in [7, 11) is 3.13. The van der Waals surface area contributed by atoms with E-state index in [1.54, 1.807) is 37.1 Å². The number of carbonyl (C=O) groups is 1. The molecule has 1 aliphatic rings. The standard InChI is InChI=1S/C21H21N5O3/c1-13-18(20(27)25-16-11-15(28-2)9-10-17(16)29-3)19(14-7-5-4-6-8-14)26-21(24-13)22-12-23-26/h4-12,19H,1-3H3,(H,25,27)(H,22,23,24)/t19-/m0/s1. The number of aromatic nitrogens is 3. The Kier molecular flexibility index (Phi) is 4.90. The minimum atomic E-state index is -0.411. The molecule has 0 radical (unpaired) electrons. The van der Waals surface area contributed by atoms with Gasteiger partial charge < -0.3 is 20.1 Å². The van der Waals surface area contributed by atoms with Crippen LogP contribution in [0.25, 0.3) is 0 Å². The van der Waals surface area contributed by atoms with Crippen molar-refractivity contribution in [1.82, 2.24) is 14.8 Å². The largest absolute Gasteiger partial charge is 0.497 e. The van der Waals surface area contributed by atoms with Crippen molar-refractivity contribution in [3.05, 3.63) is 71.7 Å². The monoisotopic (exact) mass is 391 g/mol. The van der Waals surface area contributed by atoms with Gasteiger partial charge in [-0.2, -0.15) is 10.1 Å². The maximum Gasteiger partial charge on any atom is 0.255 e. The number of methoxy groups -OCH3 is 2. The van der Waals surface area contributed by atoms with Crippen LogP contribution in [0.4, 0.5) is 11.6 Å². The lowest BCUT2D eigenvalue weighted by Gasteiger charge is -2.28. The summed E-state index contributed by atoms with van der Waals surface area (Å²) < 4.78 is 12.4. The van der Waals surface area contributed by atoms with Gasteiger partial charge in [-0.1, -0.05) is 30.3 Å². The van der Waals surface area contributed by atoms with E-state index in [2.05, 4.69) is 20.7 Å². The topological polar surface area (TPSA) is 90.3 Å². The number of rotatable bonds is 5. The first kappa shape index (κ1) is 18.5. The molecule has 0 bridgehead atoms. The van der Waals surface area contributed by atoms with Gasteiger partial charge in [0.05, 0.1) is 25.5 Å². The lowest BCUT2D eigenvalue weighted by Crippen LogP contribution is -2.31. The Hall–Kier alpha value is -3.81. The molecule has 2 N–H and O–H groups in total. The van der Waals surface area contributed by atoms with E-state index in [0.29, 0.717) is 34.4 Å². The molecule has 1 aromatic heterocycles. The van der Waals surface area contributed by atoms with Crippen molar-refractivity contribution >= 4 is 17.5 Å². The zero-order valence-corrected chi connectivity index (χ0v) is 16.3. The number of nitrogens with zero attached hydrogens (tertiary/aromatic N) is 3. The van der Waals surface area contributed by atoms with E-state index in [0.717, 1.165) is 5.56 Å². The van der Waals surface area contributed by atoms with Crippen LogP contribution in [0, 0.1) is 0 Å². The third kappa shape index (κ3) is 3.40. The highest BCUT2D eigenvalue weighted by Crippen LogP contribution is 2.36. The average Bonchev–Trinajstić information content (AvgIpc) is 3.21. The number of carbonyl (C=O) groups excluding carboxylic acids is 1. The van der Waals surface area contributed by atoms with Crippen molar-refractivity contribution in [3.8, 4) is 11.5 Å². The van der Waals surface area contributed by atoms with Crippen molar-refractivity contribution in [1.29, 1.82) is 0 Å². The Labute approximate surface area is 168 Å². The lowest BCUT2D eigenvalue weighted by molar-refractivity contribution is -0.113. The summed E-state index contributed by atoms with van der Waals surface area (Å²) in [6.07, 6.45) is 1.47. The molecule has 0 fully saturated rings. The van der Waals surface area contributed by atoms with Gasteiger partial charge in [-0.25, -0.2) is 4.68 Å². The van der Waals surface area contributed by atoms with Crippen LogP contribution in [0.15, 0.2) is 66.1 Å². The van der Waals surface area contributed by atoms with E-state index in [1.807, 2.05) is 37.3 Å². The summed E-state index contributed by atoms with van der Waals surface area (Å²) in [5.74, 6) is 1.48.